The molecule has 1 saturated heterocycles. The Hall–Kier alpha value is -0.280. The number of piperidine rings is 1. The molecule has 0 aromatic rings. The molecule has 0 spiro atoms. The number of carboxylic acids is 1. The Balaban J connectivity index is 0.000000605. The lowest BCUT2D eigenvalue weighted by Crippen LogP contribution is -2.33. The minimum absolute atomic E-state index is 0. The Morgan fingerprint density at radius 1 is 1.64 bits per heavy atom. The molecule has 0 aromatic carbocycles. The number of carboxylic acid groups (broad SMARTS) is 1. The molecule has 1 aliphatic carbocycles. The highest BCUT2D eigenvalue weighted by Crippen LogP contribution is 2.56. The number of rotatable bonds is 1. The van der Waals surface area contributed by atoms with E-state index in [1.54, 1.807) is 0 Å². The number of fused-ring (bicyclic) bond motifs is 1. The zero-order valence-corrected chi connectivity index (χ0v) is 6.99. The number of aliphatic carboxylic acids is 1. The second kappa shape index (κ2) is 2.64. The number of hydrogen-bond acceptors (Lipinski definition) is 2. The average Bonchev–Trinajstić information content (AvgIpc) is 2.61. The quantitative estimate of drug-likeness (QED) is 0.613. The van der Waals surface area contributed by atoms with Crippen LogP contribution in [0.4, 0.5) is 0 Å². The van der Waals surface area contributed by atoms with Crippen molar-refractivity contribution in [3.05, 3.63) is 0 Å². The summed E-state index contributed by atoms with van der Waals surface area (Å²) in [5.41, 5.74) is -0.300. The van der Waals surface area contributed by atoms with Gasteiger partial charge in [0.15, 0.2) is 0 Å². The lowest BCUT2D eigenvalue weighted by molar-refractivity contribution is -0.144. The molecule has 64 valence electrons. The molecule has 0 amide bonds. The molecule has 2 aliphatic rings. The van der Waals surface area contributed by atoms with E-state index in [0.29, 0.717) is 5.92 Å². The Morgan fingerprint density at radius 2 is 2.36 bits per heavy atom. The van der Waals surface area contributed by atoms with Crippen molar-refractivity contribution in [3.63, 3.8) is 0 Å². The van der Waals surface area contributed by atoms with Gasteiger partial charge in [0.25, 0.3) is 0 Å². The minimum Gasteiger partial charge on any atom is -0.481 e. The zero-order chi connectivity index (χ0) is 7.19. The largest absolute Gasteiger partial charge is 0.481 e. The number of nitrogens with one attached hydrogen (secondary N) is 1. The van der Waals surface area contributed by atoms with Crippen molar-refractivity contribution in [1.29, 1.82) is 0 Å². The van der Waals surface area contributed by atoms with Gasteiger partial charge in [0.1, 0.15) is 0 Å². The SMILES string of the molecule is Cl.O=C(O)C12CCNCC1C2. The van der Waals surface area contributed by atoms with Crippen molar-refractivity contribution in [2.24, 2.45) is 11.3 Å². The molecule has 2 fully saturated rings. The van der Waals surface area contributed by atoms with E-state index in [1.165, 1.54) is 0 Å². The van der Waals surface area contributed by atoms with Crippen LogP contribution in [0.3, 0.4) is 0 Å². The normalized spacial score (nSPS) is 40.2. The van der Waals surface area contributed by atoms with Crippen LogP contribution in [0.1, 0.15) is 12.8 Å². The van der Waals surface area contributed by atoms with Gasteiger partial charge in [-0.1, -0.05) is 0 Å². The third-order valence-corrected chi connectivity index (χ3v) is 2.80. The van der Waals surface area contributed by atoms with E-state index >= 15 is 0 Å². The molecular weight excluding hydrogens is 166 g/mol. The number of hydrogen-bond donors (Lipinski definition) is 2. The van der Waals surface area contributed by atoms with Gasteiger partial charge in [-0.25, -0.2) is 0 Å². The van der Waals surface area contributed by atoms with E-state index in [-0.39, 0.29) is 17.8 Å². The lowest BCUT2D eigenvalue weighted by Gasteiger charge is -2.17. The van der Waals surface area contributed by atoms with Crippen molar-refractivity contribution < 1.29 is 9.90 Å². The summed E-state index contributed by atoms with van der Waals surface area (Å²) in [5.74, 6) is -0.155. The first-order chi connectivity index (χ1) is 4.76. The van der Waals surface area contributed by atoms with E-state index in [4.69, 9.17) is 5.11 Å². The minimum atomic E-state index is -0.584. The smallest absolute Gasteiger partial charge is 0.310 e. The monoisotopic (exact) mass is 177 g/mol. The molecule has 1 saturated carbocycles. The van der Waals surface area contributed by atoms with Crippen molar-refractivity contribution >= 4 is 18.4 Å². The molecule has 4 heteroatoms. The van der Waals surface area contributed by atoms with Gasteiger partial charge in [-0.15, -0.1) is 12.4 Å². The molecule has 2 N–H and O–H groups in total. The van der Waals surface area contributed by atoms with Gasteiger partial charge in [-0.3, -0.25) is 4.79 Å². The molecule has 2 atom stereocenters. The van der Waals surface area contributed by atoms with Gasteiger partial charge in [0.2, 0.25) is 0 Å². The summed E-state index contributed by atoms with van der Waals surface area (Å²) in [6, 6.07) is 0. The van der Waals surface area contributed by atoms with E-state index < -0.39 is 5.97 Å². The summed E-state index contributed by atoms with van der Waals surface area (Å²) < 4.78 is 0. The van der Waals surface area contributed by atoms with Gasteiger partial charge in [0, 0.05) is 0 Å². The Morgan fingerprint density at radius 3 is 2.82 bits per heavy atom. The first-order valence-electron chi connectivity index (χ1n) is 3.70. The van der Waals surface area contributed by atoms with Gasteiger partial charge in [-0.2, -0.15) is 0 Å². The van der Waals surface area contributed by atoms with Crippen molar-refractivity contribution in [1.82, 2.24) is 5.32 Å². The first kappa shape index (κ1) is 8.81. The average molecular weight is 178 g/mol. The molecule has 3 nitrogen and oxygen atoms in total. The third kappa shape index (κ3) is 1.12. The van der Waals surface area contributed by atoms with Crippen LogP contribution in [0.15, 0.2) is 0 Å². The second-order valence-corrected chi connectivity index (χ2v) is 3.32. The van der Waals surface area contributed by atoms with Crippen LogP contribution < -0.4 is 5.32 Å². The van der Waals surface area contributed by atoms with Crippen LogP contribution in [-0.4, -0.2) is 24.2 Å². The molecule has 0 radical (unpaired) electrons. The Kier molecular flexibility index (Phi) is 2.12. The molecule has 1 aliphatic heterocycles. The molecule has 0 aromatic heterocycles. The molecule has 11 heavy (non-hydrogen) atoms. The van der Waals surface area contributed by atoms with Gasteiger partial charge in [-0.05, 0) is 31.8 Å². The summed E-state index contributed by atoms with van der Waals surface area (Å²) in [7, 11) is 0. The summed E-state index contributed by atoms with van der Waals surface area (Å²) in [6.45, 7) is 1.79. The Bertz CT molecular complexity index is 185. The Labute approximate surface area is 71.6 Å². The highest BCUT2D eigenvalue weighted by atomic mass is 35.5. The zero-order valence-electron chi connectivity index (χ0n) is 6.17. The van der Waals surface area contributed by atoms with Crippen LogP contribution >= 0.6 is 12.4 Å². The van der Waals surface area contributed by atoms with Crippen LogP contribution in [0.5, 0.6) is 0 Å². The summed E-state index contributed by atoms with van der Waals surface area (Å²) >= 11 is 0. The summed E-state index contributed by atoms with van der Waals surface area (Å²) in [4.78, 5) is 10.7. The molecule has 2 unspecified atom stereocenters. The van der Waals surface area contributed by atoms with Crippen molar-refractivity contribution in [2.75, 3.05) is 13.1 Å². The van der Waals surface area contributed by atoms with E-state index in [9.17, 15) is 4.79 Å². The van der Waals surface area contributed by atoms with E-state index in [2.05, 4.69) is 5.32 Å². The van der Waals surface area contributed by atoms with Gasteiger partial charge in [0.05, 0.1) is 5.41 Å². The van der Waals surface area contributed by atoms with Crippen LogP contribution in [0.25, 0.3) is 0 Å². The fourth-order valence-electron chi connectivity index (χ4n) is 1.91. The molecule has 0 bridgehead atoms. The highest BCUT2D eigenvalue weighted by molar-refractivity contribution is 5.85. The topological polar surface area (TPSA) is 49.3 Å². The molecular formula is C7H12ClNO2. The lowest BCUT2D eigenvalue weighted by atomic mass is 9.97. The van der Waals surface area contributed by atoms with Gasteiger partial charge >= 0.3 is 5.97 Å². The number of carbonyl (C=O) groups is 1. The van der Waals surface area contributed by atoms with Crippen LogP contribution in [0, 0.1) is 11.3 Å². The van der Waals surface area contributed by atoms with Crippen LogP contribution in [0.2, 0.25) is 0 Å². The highest BCUT2D eigenvalue weighted by Gasteiger charge is 2.60. The summed E-state index contributed by atoms with van der Waals surface area (Å²) in [6.07, 6.45) is 1.72. The standard InChI is InChI=1S/C7H11NO2.ClH/c9-6(10)7-1-2-8-4-5(7)3-7;/h5,8H,1-4H2,(H,9,10);1H. The fraction of sp³-hybridized carbons (Fsp3) is 0.857. The molecule has 1 heterocycles. The third-order valence-electron chi connectivity index (χ3n) is 2.80. The maximum absolute atomic E-state index is 10.7. The first-order valence-corrected chi connectivity index (χ1v) is 3.70. The van der Waals surface area contributed by atoms with Gasteiger partial charge < -0.3 is 10.4 Å². The second-order valence-electron chi connectivity index (χ2n) is 3.32. The van der Waals surface area contributed by atoms with Crippen LogP contribution in [-0.2, 0) is 4.79 Å². The predicted molar refractivity (Wildman–Crippen MR) is 42.9 cm³/mol. The van der Waals surface area contributed by atoms with E-state index in [0.717, 1.165) is 25.9 Å². The van der Waals surface area contributed by atoms with Crippen molar-refractivity contribution in [3.8, 4) is 0 Å². The number of halogens is 1. The maximum Gasteiger partial charge on any atom is 0.310 e. The van der Waals surface area contributed by atoms with Crippen molar-refractivity contribution in [2.45, 2.75) is 12.8 Å². The molecule has 2 rings (SSSR count). The predicted octanol–water partition coefficient (Wildman–Crippen LogP) is 0.492. The maximum atomic E-state index is 10.7. The summed E-state index contributed by atoms with van der Waals surface area (Å²) in [5, 5.41) is 12.0. The van der Waals surface area contributed by atoms with E-state index in [1.807, 2.05) is 0 Å². The fourth-order valence-corrected chi connectivity index (χ4v) is 1.91.